The molecule has 1 aromatic rings. The molecule has 30 heavy (non-hydrogen) atoms. The van der Waals surface area contributed by atoms with E-state index in [0.29, 0.717) is 0 Å². The summed E-state index contributed by atoms with van der Waals surface area (Å²) in [6.45, 7) is 2.42. The largest absolute Gasteiger partial charge is 0.454 e. The minimum atomic E-state index is -1.25. The van der Waals surface area contributed by atoms with Gasteiger partial charge in [-0.3, -0.25) is 14.9 Å². The summed E-state index contributed by atoms with van der Waals surface area (Å²) in [5, 5.41) is 6.94. The van der Waals surface area contributed by atoms with Crippen molar-refractivity contribution in [1.29, 1.82) is 0 Å². The van der Waals surface area contributed by atoms with E-state index < -0.39 is 59.6 Å². The highest BCUT2D eigenvalue weighted by atomic mass is 19.1. The lowest BCUT2D eigenvalue weighted by atomic mass is 10.0. The lowest BCUT2D eigenvalue weighted by molar-refractivity contribution is -0.151. The Morgan fingerprint density at radius 2 is 1.70 bits per heavy atom. The summed E-state index contributed by atoms with van der Waals surface area (Å²) in [5.74, 6) is -5.58. The zero-order valence-corrected chi connectivity index (χ0v) is 16.8. The fourth-order valence-electron chi connectivity index (χ4n) is 3.11. The zero-order valence-electron chi connectivity index (χ0n) is 16.8. The minimum absolute atomic E-state index is 0.0136. The number of amides is 4. The van der Waals surface area contributed by atoms with Gasteiger partial charge >= 0.3 is 12.0 Å². The van der Waals surface area contributed by atoms with Gasteiger partial charge in [0.1, 0.15) is 23.2 Å². The first-order valence-electron chi connectivity index (χ1n) is 9.71. The fraction of sp³-hybridized carbons (Fsp3) is 0.500. The van der Waals surface area contributed by atoms with Gasteiger partial charge in [0.2, 0.25) is 0 Å². The summed E-state index contributed by atoms with van der Waals surface area (Å²) < 4.78 is 32.4. The van der Waals surface area contributed by atoms with Crippen molar-refractivity contribution in [3.05, 3.63) is 35.4 Å². The second-order valence-corrected chi connectivity index (χ2v) is 7.40. The van der Waals surface area contributed by atoms with Crippen LogP contribution in [0.2, 0.25) is 0 Å². The Balaban J connectivity index is 1.88. The Morgan fingerprint density at radius 3 is 2.27 bits per heavy atom. The summed E-state index contributed by atoms with van der Waals surface area (Å²) in [7, 11) is 0. The molecule has 1 aliphatic carbocycles. The average molecular weight is 425 g/mol. The van der Waals surface area contributed by atoms with Crippen LogP contribution in [0.25, 0.3) is 0 Å². The molecule has 1 aliphatic rings. The quantitative estimate of drug-likeness (QED) is 0.579. The van der Waals surface area contributed by atoms with Gasteiger partial charge in [-0.15, -0.1) is 0 Å². The Bertz CT molecular complexity index is 789. The van der Waals surface area contributed by atoms with Crippen molar-refractivity contribution >= 4 is 23.8 Å². The highest BCUT2D eigenvalue weighted by Crippen LogP contribution is 2.17. The molecule has 0 radical (unpaired) electrons. The van der Waals surface area contributed by atoms with E-state index in [1.807, 2.05) is 0 Å². The van der Waals surface area contributed by atoms with Crippen molar-refractivity contribution in [1.82, 2.24) is 16.0 Å². The highest BCUT2D eigenvalue weighted by Gasteiger charge is 2.29. The van der Waals surface area contributed by atoms with Crippen molar-refractivity contribution < 1.29 is 32.7 Å². The maximum atomic E-state index is 13.8. The number of hydrogen-bond donors (Lipinski definition) is 3. The lowest BCUT2D eigenvalue weighted by Gasteiger charge is -2.21. The third-order valence-corrected chi connectivity index (χ3v) is 4.69. The summed E-state index contributed by atoms with van der Waals surface area (Å²) in [6, 6.07) is 1.03. The molecule has 0 aliphatic heterocycles. The molecule has 8 nitrogen and oxygen atoms in total. The van der Waals surface area contributed by atoms with Crippen LogP contribution in [0.3, 0.4) is 0 Å². The molecule has 0 aromatic heterocycles. The molecular formula is C20H25F2N3O5. The van der Waals surface area contributed by atoms with Gasteiger partial charge in [0.05, 0.1) is 0 Å². The third kappa shape index (κ3) is 6.50. The first-order chi connectivity index (χ1) is 14.2. The van der Waals surface area contributed by atoms with E-state index in [1.165, 1.54) is 0 Å². The van der Waals surface area contributed by atoms with Crippen molar-refractivity contribution in [2.75, 3.05) is 6.61 Å². The molecule has 1 fully saturated rings. The van der Waals surface area contributed by atoms with Gasteiger partial charge in [0.25, 0.3) is 11.8 Å². The first kappa shape index (κ1) is 23.2. The number of benzene rings is 1. The van der Waals surface area contributed by atoms with Crippen LogP contribution < -0.4 is 16.0 Å². The number of halogens is 2. The second-order valence-electron chi connectivity index (χ2n) is 7.40. The smallest absolute Gasteiger partial charge is 0.329 e. The highest BCUT2D eigenvalue weighted by molar-refractivity contribution is 5.98. The van der Waals surface area contributed by atoms with E-state index in [-0.39, 0.29) is 6.04 Å². The van der Waals surface area contributed by atoms with Crippen molar-refractivity contribution in [3.8, 4) is 0 Å². The van der Waals surface area contributed by atoms with Crippen LogP contribution in [0, 0.1) is 17.6 Å². The number of urea groups is 1. The number of rotatable bonds is 7. The van der Waals surface area contributed by atoms with Crippen LogP contribution in [0.1, 0.15) is 49.9 Å². The SMILES string of the molecule is CC(C)[C@@H](NC(=O)c1c(F)cccc1F)C(=O)OCC(=O)NC(=O)NC1CCCC1. The number of esters is 1. The van der Waals surface area contributed by atoms with Crippen LogP contribution in [-0.4, -0.2) is 42.5 Å². The topological polar surface area (TPSA) is 114 Å². The lowest BCUT2D eigenvalue weighted by Crippen LogP contribution is -2.48. The molecule has 0 bridgehead atoms. The van der Waals surface area contributed by atoms with Gasteiger partial charge in [-0.05, 0) is 30.9 Å². The number of imide groups is 1. The number of hydrogen-bond acceptors (Lipinski definition) is 5. The van der Waals surface area contributed by atoms with Crippen molar-refractivity contribution in [2.24, 2.45) is 5.92 Å². The Kier molecular flexibility index (Phi) is 8.25. The normalized spacial score (nSPS) is 14.8. The second kappa shape index (κ2) is 10.7. The predicted molar refractivity (Wildman–Crippen MR) is 102 cm³/mol. The van der Waals surface area contributed by atoms with E-state index in [4.69, 9.17) is 4.74 Å². The fourth-order valence-corrected chi connectivity index (χ4v) is 3.11. The van der Waals surface area contributed by atoms with Crippen molar-refractivity contribution in [3.63, 3.8) is 0 Å². The third-order valence-electron chi connectivity index (χ3n) is 4.69. The summed E-state index contributed by atoms with van der Waals surface area (Å²) >= 11 is 0. The molecule has 1 aromatic carbocycles. The van der Waals surface area contributed by atoms with E-state index >= 15 is 0 Å². The summed E-state index contributed by atoms with van der Waals surface area (Å²) in [5.41, 5.74) is -0.822. The summed E-state index contributed by atoms with van der Waals surface area (Å²) in [6.07, 6.45) is 3.70. The molecule has 1 atom stereocenters. The molecule has 0 heterocycles. The maximum Gasteiger partial charge on any atom is 0.329 e. The molecular weight excluding hydrogens is 400 g/mol. The molecule has 164 valence electrons. The minimum Gasteiger partial charge on any atom is -0.454 e. The number of carbonyl (C=O) groups excluding carboxylic acids is 4. The molecule has 3 N–H and O–H groups in total. The van der Waals surface area contributed by atoms with Gasteiger partial charge in [-0.1, -0.05) is 32.8 Å². The molecule has 10 heteroatoms. The van der Waals surface area contributed by atoms with Gasteiger partial charge in [0.15, 0.2) is 6.61 Å². The number of nitrogens with one attached hydrogen (secondary N) is 3. The molecule has 0 saturated heterocycles. The van der Waals surface area contributed by atoms with Gasteiger partial charge in [0, 0.05) is 6.04 Å². The predicted octanol–water partition coefficient (Wildman–Crippen LogP) is 2.03. The van der Waals surface area contributed by atoms with Gasteiger partial charge in [-0.2, -0.15) is 0 Å². The van der Waals surface area contributed by atoms with Crippen LogP contribution in [0.4, 0.5) is 13.6 Å². The van der Waals surface area contributed by atoms with E-state index in [1.54, 1.807) is 13.8 Å². The molecule has 4 amide bonds. The summed E-state index contributed by atoms with van der Waals surface area (Å²) in [4.78, 5) is 48.1. The van der Waals surface area contributed by atoms with Gasteiger partial charge in [-0.25, -0.2) is 18.4 Å². The van der Waals surface area contributed by atoms with Gasteiger partial charge < -0.3 is 15.4 Å². The van der Waals surface area contributed by atoms with E-state index in [0.717, 1.165) is 43.9 Å². The monoisotopic (exact) mass is 425 g/mol. The van der Waals surface area contributed by atoms with E-state index in [2.05, 4.69) is 16.0 Å². The van der Waals surface area contributed by atoms with Crippen LogP contribution >= 0.6 is 0 Å². The van der Waals surface area contributed by atoms with Crippen LogP contribution in [-0.2, 0) is 14.3 Å². The molecule has 2 rings (SSSR count). The zero-order chi connectivity index (χ0) is 22.3. The first-order valence-corrected chi connectivity index (χ1v) is 9.71. The Labute approximate surface area is 172 Å². The van der Waals surface area contributed by atoms with Crippen molar-refractivity contribution in [2.45, 2.75) is 51.6 Å². The van der Waals surface area contributed by atoms with E-state index in [9.17, 15) is 28.0 Å². The molecule has 1 saturated carbocycles. The standard InChI is InChI=1S/C20H25F2N3O5/c1-11(2)17(25-18(27)16-13(21)8-5-9-14(16)22)19(28)30-10-15(26)24-20(29)23-12-6-3-4-7-12/h5,8-9,11-12,17H,3-4,6-7,10H2,1-2H3,(H,25,27)(H2,23,24,26,29)/t17-/m1/s1. The number of carbonyl (C=O) groups is 4. The molecule has 0 spiro atoms. The van der Waals surface area contributed by atoms with Crippen LogP contribution in [0.5, 0.6) is 0 Å². The number of ether oxygens (including phenoxy) is 1. The maximum absolute atomic E-state index is 13.8. The average Bonchev–Trinajstić information content (AvgIpc) is 3.16. The Morgan fingerprint density at radius 1 is 1.10 bits per heavy atom. The Hall–Kier alpha value is -3.04. The van der Waals surface area contributed by atoms with Crippen LogP contribution in [0.15, 0.2) is 18.2 Å². The molecule has 0 unspecified atom stereocenters.